The number of rotatable bonds is 6. The van der Waals surface area contributed by atoms with Gasteiger partial charge in [0.05, 0.1) is 0 Å². The van der Waals surface area contributed by atoms with Crippen LogP contribution in [0.5, 0.6) is 0 Å². The average molecular weight is 360 g/mol. The van der Waals surface area contributed by atoms with Crippen LogP contribution in [0, 0.1) is 0 Å². The Morgan fingerprint density at radius 3 is 2.38 bits per heavy atom. The van der Waals surface area contributed by atoms with Gasteiger partial charge in [-0.3, -0.25) is 9.59 Å². The molecule has 2 aliphatic rings. The van der Waals surface area contributed by atoms with Crippen molar-refractivity contribution in [2.45, 2.75) is 50.4 Å². The molecule has 2 heterocycles. The molecule has 1 aromatic carbocycles. The smallest absolute Gasteiger partial charge is 0.332 e. The predicted molar refractivity (Wildman–Crippen MR) is 93.4 cm³/mol. The van der Waals surface area contributed by atoms with Crippen molar-refractivity contribution in [1.29, 1.82) is 0 Å². The zero-order chi connectivity index (χ0) is 18.5. The number of nitrogens with one attached hydrogen (secondary N) is 1. The highest BCUT2D eigenvalue weighted by molar-refractivity contribution is 5.90. The summed E-state index contributed by atoms with van der Waals surface area (Å²) < 4.78 is 5.30. The number of carbonyl (C=O) groups is 3. The Kier molecular flexibility index (Phi) is 5.88. The lowest BCUT2D eigenvalue weighted by Crippen LogP contribution is -2.51. The molecule has 7 heteroatoms. The number of aliphatic carboxylic acids is 1. The Hall–Kier alpha value is -2.41. The molecule has 2 saturated heterocycles. The molecule has 3 atom stereocenters. The summed E-state index contributed by atoms with van der Waals surface area (Å²) in [6.45, 7) is 1.42. The minimum Gasteiger partial charge on any atom is -0.479 e. The minimum absolute atomic E-state index is 0.0903. The maximum absolute atomic E-state index is 12.8. The molecule has 1 unspecified atom stereocenters. The Bertz CT molecular complexity index is 657. The van der Waals surface area contributed by atoms with Crippen LogP contribution in [-0.2, 0) is 25.5 Å². The van der Waals surface area contributed by atoms with Crippen LogP contribution in [-0.4, -0.2) is 59.1 Å². The molecule has 2 amide bonds. The van der Waals surface area contributed by atoms with E-state index < -0.39 is 30.1 Å². The second-order valence-electron chi connectivity index (χ2n) is 6.81. The topological polar surface area (TPSA) is 95.9 Å². The quantitative estimate of drug-likeness (QED) is 0.788. The second kappa shape index (κ2) is 8.31. The Morgan fingerprint density at radius 2 is 1.77 bits per heavy atom. The largest absolute Gasteiger partial charge is 0.479 e. The summed E-state index contributed by atoms with van der Waals surface area (Å²) in [6.07, 6.45) is 1.23. The molecule has 26 heavy (non-hydrogen) atoms. The summed E-state index contributed by atoms with van der Waals surface area (Å²) in [5.74, 6) is -1.57. The fourth-order valence-corrected chi connectivity index (χ4v) is 3.48. The fraction of sp³-hybridized carbons (Fsp3) is 0.526. The van der Waals surface area contributed by atoms with E-state index >= 15 is 0 Å². The Balaban J connectivity index is 1.67. The summed E-state index contributed by atoms with van der Waals surface area (Å²) in [4.78, 5) is 38.2. The van der Waals surface area contributed by atoms with Crippen LogP contribution in [0.4, 0.5) is 0 Å². The van der Waals surface area contributed by atoms with Gasteiger partial charge < -0.3 is 20.1 Å². The van der Waals surface area contributed by atoms with Gasteiger partial charge in [-0.05, 0) is 31.2 Å². The standard InChI is InChI=1S/C19H24N2O5/c22-17(15-8-9-16(26-15)19(24)25)20-14(12-13-6-2-1-3-7-13)18(23)21-10-4-5-11-21/h1-3,6-7,14-16H,4-5,8-12H2,(H,20,22)(H,24,25)/t14?,15-,16+/m0/s1. The second-order valence-corrected chi connectivity index (χ2v) is 6.81. The Labute approximate surface area is 152 Å². The van der Waals surface area contributed by atoms with Crippen molar-refractivity contribution in [3.63, 3.8) is 0 Å². The summed E-state index contributed by atoms with van der Waals surface area (Å²) in [5, 5.41) is 11.8. The van der Waals surface area contributed by atoms with Gasteiger partial charge in [0.2, 0.25) is 11.8 Å². The highest BCUT2D eigenvalue weighted by Gasteiger charge is 2.37. The van der Waals surface area contributed by atoms with Gasteiger partial charge in [0.25, 0.3) is 0 Å². The van der Waals surface area contributed by atoms with E-state index in [4.69, 9.17) is 9.84 Å². The van der Waals surface area contributed by atoms with E-state index in [1.807, 2.05) is 30.3 Å². The number of carboxylic acid groups (broad SMARTS) is 1. The number of ether oxygens (including phenoxy) is 1. The number of nitrogens with zero attached hydrogens (tertiary/aromatic N) is 1. The molecule has 0 radical (unpaired) electrons. The number of hydrogen-bond donors (Lipinski definition) is 2. The van der Waals surface area contributed by atoms with Gasteiger partial charge in [0.15, 0.2) is 6.10 Å². The van der Waals surface area contributed by atoms with E-state index in [-0.39, 0.29) is 5.91 Å². The molecule has 7 nitrogen and oxygen atoms in total. The predicted octanol–water partition coefficient (Wildman–Crippen LogP) is 0.968. The fourth-order valence-electron chi connectivity index (χ4n) is 3.48. The van der Waals surface area contributed by atoms with Gasteiger partial charge in [-0.1, -0.05) is 30.3 Å². The van der Waals surface area contributed by atoms with Gasteiger partial charge >= 0.3 is 5.97 Å². The number of amides is 2. The number of hydrogen-bond acceptors (Lipinski definition) is 4. The van der Waals surface area contributed by atoms with Crippen molar-refractivity contribution < 1.29 is 24.2 Å². The highest BCUT2D eigenvalue weighted by atomic mass is 16.5. The van der Waals surface area contributed by atoms with Crippen molar-refractivity contribution >= 4 is 17.8 Å². The van der Waals surface area contributed by atoms with Crippen LogP contribution >= 0.6 is 0 Å². The molecule has 1 aromatic rings. The van der Waals surface area contributed by atoms with E-state index in [9.17, 15) is 14.4 Å². The van der Waals surface area contributed by atoms with Crippen molar-refractivity contribution in [2.24, 2.45) is 0 Å². The zero-order valence-corrected chi connectivity index (χ0v) is 14.6. The van der Waals surface area contributed by atoms with Gasteiger partial charge in [-0.15, -0.1) is 0 Å². The third-order valence-electron chi connectivity index (χ3n) is 4.90. The van der Waals surface area contributed by atoms with E-state index in [2.05, 4.69) is 5.32 Å². The highest BCUT2D eigenvalue weighted by Crippen LogP contribution is 2.20. The van der Waals surface area contributed by atoms with Crippen molar-refractivity contribution in [2.75, 3.05) is 13.1 Å². The maximum Gasteiger partial charge on any atom is 0.332 e. The summed E-state index contributed by atoms with van der Waals surface area (Å²) in [5.41, 5.74) is 0.959. The molecule has 0 saturated carbocycles. The molecule has 2 N–H and O–H groups in total. The molecule has 2 aliphatic heterocycles. The van der Waals surface area contributed by atoms with E-state index in [1.54, 1.807) is 4.90 Å². The summed E-state index contributed by atoms with van der Waals surface area (Å²) in [6, 6.07) is 8.86. The van der Waals surface area contributed by atoms with Crippen LogP contribution in [0.3, 0.4) is 0 Å². The van der Waals surface area contributed by atoms with Gasteiger partial charge in [0, 0.05) is 19.5 Å². The van der Waals surface area contributed by atoms with E-state index in [0.29, 0.717) is 32.4 Å². The molecule has 0 bridgehead atoms. The first-order valence-electron chi connectivity index (χ1n) is 9.06. The third-order valence-corrected chi connectivity index (χ3v) is 4.90. The first-order chi connectivity index (χ1) is 12.5. The van der Waals surface area contributed by atoms with Crippen molar-refractivity contribution in [3.05, 3.63) is 35.9 Å². The number of benzene rings is 1. The summed E-state index contributed by atoms with van der Waals surface area (Å²) >= 11 is 0. The molecular formula is C19H24N2O5. The van der Waals surface area contributed by atoms with Crippen LogP contribution in [0.1, 0.15) is 31.2 Å². The molecule has 0 aliphatic carbocycles. The lowest BCUT2D eigenvalue weighted by molar-refractivity contribution is -0.152. The van der Waals surface area contributed by atoms with Crippen LogP contribution < -0.4 is 5.32 Å². The van der Waals surface area contributed by atoms with Gasteiger partial charge in [-0.25, -0.2) is 4.79 Å². The first-order valence-corrected chi connectivity index (χ1v) is 9.06. The van der Waals surface area contributed by atoms with Gasteiger partial charge in [0.1, 0.15) is 12.1 Å². The van der Waals surface area contributed by atoms with Crippen LogP contribution in [0.25, 0.3) is 0 Å². The SMILES string of the molecule is O=C(NC(Cc1ccccc1)C(=O)N1CCCC1)[C@@H]1CC[C@H](C(=O)O)O1. The van der Waals surface area contributed by atoms with E-state index in [0.717, 1.165) is 18.4 Å². The third kappa shape index (κ3) is 4.40. The van der Waals surface area contributed by atoms with Crippen LogP contribution in [0.15, 0.2) is 30.3 Å². The molecule has 0 spiro atoms. The average Bonchev–Trinajstić information content (AvgIpc) is 3.33. The first kappa shape index (κ1) is 18.4. The maximum atomic E-state index is 12.8. The normalized spacial score (nSPS) is 23.6. The number of likely N-dealkylation sites (tertiary alicyclic amines) is 1. The molecule has 2 fully saturated rings. The molecular weight excluding hydrogens is 336 g/mol. The monoisotopic (exact) mass is 360 g/mol. The lowest BCUT2D eigenvalue weighted by Gasteiger charge is -2.25. The molecule has 3 rings (SSSR count). The minimum atomic E-state index is -1.06. The zero-order valence-electron chi connectivity index (χ0n) is 14.6. The number of carboxylic acids is 1. The van der Waals surface area contributed by atoms with E-state index in [1.165, 1.54) is 0 Å². The van der Waals surface area contributed by atoms with Crippen molar-refractivity contribution in [1.82, 2.24) is 10.2 Å². The molecule has 0 aromatic heterocycles. The van der Waals surface area contributed by atoms with Crippen LogP contribution in [0.2, 0.25) is 0 Å². The summed E-state index contributed by atoms with van der Waals surface area (Å²) in [7, 11) is 0. The Morgan fingerprint density at radius 1 is 1.12 bits per heavy atom. The van der Waals surface area contributed by atoms with Gasteiger partial charge in [-0.2, -0.15) is 0 Å². The number of carbonyl (C=O) groups excluding carboxylic acids is 2. The lowest BCUT2D eigenvalue weighted by atomic mass is 10.0. The molecule has 140 valence electrons. The van der Waals surface area contributed by atoms with Crippen molar-refractivity contribution in [3.8, 4) is 0 Å².